The second kappa shape index (κ2) is 8.44. The molecule has 0 atom stereocenters. The summed E-state index contributed by atoms with van der Waals surface area (Å²) in [4.78, 5) is 20.1. The highest BCUT2D eigenvalue weighted by molar-refractivity contribution is 5.67. The molecule has 0 radical (unpaired) electrons. The van der Waals surface area contributed by atoms with Gasteiger partial charge in [0, 0.05) is 61.8 Å². The third kappa shape index (κ3) is 4.19. The Bertz CT molecular complexity index is 1190. The van der Waals surface area contributed by atoms with Crippen molar-refractivity contribution in [2.75, 3.05) is 48.9 Å². The molecule has 0 spiro atoms. The molecule has 5 rings (SSSR count). The number of fused-ring (bicyclic) bond motifs is 1. The van der Waals surface area contributed by atoms with Gasteiger partial charge in [0.05, 0.1) is 26.5 Å². The Hall–Kier alpha value is -3.92. The number of imidazole rings is 1. The van der Waals surface area contributed by atoms with E-state index in [0.717, 1.165) is 30.2 Å². The minimum absolute atomic E-state index is 0.444. The number of pyridine rings is 2. The van der Waals surface area contributed by atoms with E-state index in [1.165, 1.54) is 0 Å². The Labute approximate surface area is 178 Å². The fourth-order valence-electron chi connectivity index (χ4n) is 3.42. The lowest BCUT2D eigenvalue weighted by molar-refractivity contribution is 0.122. The molecule has 1 aliphatic rings. The number of nitrogens with zero attached hydrogens (tertiary/aromatic N) is 6. The number of aromatic nitrogens is 5. The zero-order valence-electron chi connectivity index (χ0n) is 17.0. The molecule has 0 unspecified atom stereocenters. The van der Waals surface area contributed by atoms with Gasteiger partial charge in [-0.1, -0.05) is 0 Å². The van der Waals surface area contributed by atoms with E-state index < -0.39 is 0 Å². The molecule has 10 heteroatoms. The highest BCUT2D eigenvalue weighted by Gasteiger charge is 2.16. The molecule has 0 amide bonds. The Morgan fingerprint density at radius 2 is 1.94 bits per heavy atom. The molecule has 0 bridgehead atoms. The molecule has 0 aromatic carbocycles. The van der Waals surface area contributed by atoms with Gasteiger partial charge in [0.2, 0.25) is 5.95 Å². The third-order valence-electron chi connectivity index (χ3n) is 4.97. The molecule has 0 saturated carbocycles. The molecule has 1 fully saturated rings. The van der Waals surface area contributed by atoms with Crippen molar-refractivity contribution in [2.45, 2.75) is 0 Å². The number of anilines is 5. The van der Waals surface area contributed by atoms with Crippen molar-refractivity contribution in [1.29, 1.82) is 0 Å². The zero-order valence-corrected chi connectivity index (χ0v) is 17.0. The second-order valence-corrected chi connectivity index (χ2v) is 6.97. The fraction of sp³-hybridized carbons (Fsp3) is 0.238. The summed E-state index contributed by atoms with van der Waals surface area (Å²) >= 11 is 0. The first-order valence-corrected chi connectivity index (χ1v) is 9.95. The van der Waals surface area contributed by atoms with Crippen LogP contribution in [0.2, 0.25) is 0 Å². The molecule has 4 aromatic rings. The first-order chi connectivity index (χ1) is 15.3. The number of rotatable bonds is 6. The van der Waals surface area contributed by atoms with Crippen molar-refractivity contribution in [3.63, 3.8) is 0 Å². The van der Waals surface area contributed by atoms with Gasteiger partial charge in [0.25, 0.3) is 0 Å². The van der Waals surface area contributed by atoms with Gasteiger partial charge in [0.1, 0.15) is 28.7 Å². The van der Waals surface area contributed by atoms with Crippen LogP contribution in [-0.2, 0) is 4.74 Å². The summed E-state index contributed by atoms with van der Waals surface area (Å²) in [6.07, 6.45) is 8.98. The molecule has 0 aliphatic carbocycles. The van der Waals surface area contributed by atoms with E-state index in [2.05, 4.69) is 30.5 Å². The van der Waals surface area contributed by atoms with Crippen molar-refractivity contribution in [3.05, 3.63) is 55.2 Å². The number of morpholine rings is 1. The quantitative estimate of drug-likeness (QED) is 0.489. The third-order valence-corrected chi connectivity index (χ3v) is 4.97. The Kier molecular flexibility index (Phi) is 5.19. The number of hydrogen-bond donors (Lipinski definition) is 2. The second-order valence-electron chi connectivity index (χ2n) is 6.97. The summed E-state index contributed by atoms with van der Waals surface area (Å²) < 4.78 is 12.8. The van der Waals surface area contributed by atoms with Crippen LogP contribution in [0.4, 0.5) is 29.0 Å². The molecule has 158 valence electrons. The van der Waals surface area contributed by atoms with E-state index in [0.29, 0.717) is 36.4 Å². The van der Waals surface area contributed by atoms with Crippen molar-refractivity contribution in [1.82, 2.24) is 24.3 Å². The molecule has 1 aliphatic heterocycles. The highest BCUT2D eigenvalue weighted by Crippen LogP contribution is 2.28. The average Bonchev–Trinajstić information content (AvgIpc) is 3.28. The van der Waals surface area contributed by atoms with E-state index in [9.17, 15) is 0 Å². The molecular formula is C21H22N8O2. The maximum atomic E-state index is 5.49. The van der Waals surface area contributed by atoms with Crippen LogP contribution in [0.1, 0.15) is 0 Å². The summed E-state index contributed by atoms with van der Waals surface area (Å²) in [6.45, 7) is 2.88. The van der Waals surface area contributed by atoms with Crippen LogP contribution in [0, 0.1) is 0 Å². The van der Waals surface area contributed by atoms with Crippen molar-refractivity contribution in [2.24, 2.45) is 0 Å². The van der Waals surface area contributed by atoms with E-state index >= 15 is 0 Å². The van der Waals surface area contributed by atoms with Crippen LogP contribution in [0.25, 0.3) is 5.65 Å². The van der Waals surface area contributed by atoms with Crippen LogP contribution in [-0.4, -0.2) is 57.7 Å². The molecule has 31 heavy (non-hydrogen) atoms. The van der Waals surface area contributed by atoms with Gasteiger partial charge in [-0.25, -0.2) is 4.98 Å². The number of methoxy groups -OCH3 is 1. The maximum Gasteiger partial charge on any atom is 0.231 e. The standard InChI is InChI=1S/C21H22N8O2/c1-30-17-2-4-22-14-16(17)25-21-26-18(13-20(27-21)29-8-10-31-11-9-29)24-15-3-6-28-7-5-23-19(28)12-15/h2-7,12-14H,8-11H2,1H3,(H2,24,25,26,27). The van der Waals surface area contributed by atoms with Crippen LogP contribution < -0.4 is 20.3 Å². The van der Waals surface area contributed by atoms with Gasteiger partial charge >= 0.3 is 0 Å². The number of ether oxygens (including phenoxy) is 2. The molecular weight excluding hydrogens is 396 g/mol. The Morgan fingerprint density at radius 3 is 2.81 bits per heavy atom. The monoisotopic (exact) mass is 418 g/mol. The first-order valence-electron chi connectivity index (χ1n) is 9.95. The normalized spacial score (nSPS) is 13.9. The van der Waals surface area contributed by atoms with Crippen LogP contribution in [0.5, 0.6) is 5.75 Å². The van der Waals surface area contributed by atoms with E-state index in [4.69, 9.17) is 14.5 Å². The maximum absolute atomic E-state index is 5.49. The summed E-state index contributed by atoms with van der Waals surface area (Å²) in [7, 11) is 1.62. The SMILES string of the molecule is COc1ccncc1Nc1nc(Nc2ccn3ccnc3c2)cc(N2CCOCC2)n1. The summed E-state index contributed by atoms with van der Waals surface area (Å²) in [5, 5.41) is 6.60. The van der Waals surface area contributed by atoms with Crippen molar-refractivity contribution >= 4 is 34.6 Å². The fourth-order valence-corrected chi connectivity index (χ4v) is 3.42. The largest absolute Gasteiger partial charge is 0.494 e. The summed E-state index contributed by atoms with van der Waals surface area (Å²) in [5.74, 6) is 2.58. The smallest absolute Gasteiger partial charge is 0.231 e. The molecule has 4 aromatic heterocycles. The number of nitrogens with one attached hydrogen (secondary N) is 2. The minimum Gasteiger partial charge on any atom is -0.494 e. The summed E-state index contributed by atoms with van der Waals surface area (Å²) in [6, 6.07) is 7.66. The molecule has 2 N–H and O–H groups in total. The molecule has 10 nitrogen and oxygen atoms in total. The average molecular weight is 418 g/mol. The van der Waals surface area contributed by atoms with Gasteiger partial charge in [-0.3, -0.25) is 4.98 Å². The topological polar surface area (TPSA) is 102 Å². The van der Waals surface area contributed by atoms with Gasteiger partial charge in [-0.05, 0) is 6.07 Å². The van der Waals surface area contributed by atoms with Gasteiger partial charge < -0.3 is 29.4 Å². The van der Waals surface area contributed by atoms with Gasteiger partial charge in [-0.15, -0.1) is 0 Å². The zero-order chi connectivity index (χ0) is 21.0. The van der Waals surface area contributed by atoms with E-state index in [-0.39, 0.29) is 0 Å². The lowest BCUT2D eigenvalue weighted by atomic mass is 10.3. The number of hydrogen-bond acceptors (Lipinski definition) is 9. The van der Waals surface area contributed by atoms with Gasteiger partial charge in [-0.2, -0.15) is 9.97 Å². The van der Waals surface area contributed by atoms with Gasteiger partial charge in [0.15, 0.2) is 0 Å². The van der Waals surface area contributed by atoms with Crippen molar-refractivity contribution < 1.29 is 9.47 Å². The first kappa shape index (κ1) is 19.1. The Balaban J connectivity index is 1.49. The van der Waals surface area contributed by atoms with Crippen molar-refractivity contribution in [3.8, 4) is 5.75 Å². The van der Waals surface area contributed by atoms with Crippen LogP contribution >= 0.6 is 0 Å². The lowest BCUT2D eigenvalue weighted by Gasteiger charge is -2.28. The van der Waals surface area contributed by atoms with Crippen LogP contribution in [0.15, 0.2) is 55.2 Å². The van der Waals surface area contributed by atoms with Crippen LogP contribution in [0.3, 0.4) is 0 Å². The van der Waals surface area contributed by atoms with E-state index in [1.54, 1.807) is 31.8 Å². The predicted molar refractivity (Wildman–Crippen MR) is 118 cm³/mol. The molecule has 5 heterocycles. The minimum atomic E-state index is 0.444. The molecule has 1 saturated heterocycles. The lowest BCUT2D eigenvalue weighted by Crippen LogP contribution is -2.36. The highest BCUT2D eigenvalue weighted by atomic mass is 16.5. The van der Waals surface area contributed by atoms with E-state index in [1.807, 2.05) is 35.0 Å². The Morgan fingerprint density at radius 1 is 1.03 bits per heavy atom. The summed E-state index contributed by atoms with van der Waals surface area (Å²) in [5.41, 5.74) is 2.43. The predicted octanol–water partition coefficient (Wildman–Crippen LogP) is 2.85.